The van der Waals surface area contributed by atoms with Gasteiger partial charge in [-0.2, -0.15) is 0 Å². The molecule has 5 heteroatoms. The van der Waals surface area contributed by atoms with E-state index in [1.807, 2.05) is 0 Å². The summed E-state index contributed by atoms with van der Waals surface area (Å²) in [5, 5.41) is 3.04. The van der Waals surface area contributed by atoms with E-state index < -0.39 is 5.66 Å². The molecule has 2 aliphatic rings. The summed E-state index contributed by atoms with van der Waals surface area (Å²) in [4.78, 5) is 4.42. The zero-order chi connectivity index (χ0) is 11.8. The minimum atomic E-state index is -0.676. The zero-order valence-corrected chi connectivity index (χ0v) is 9.92. The van der Waals surface area contributed by atoms with Crippen molar-refractivity contribution >= 4 is 5.96 Å². The van der Waals surface area contributed by atoms with Gasteiger partial charge in [0, 0.05) is 17.2 Å². The molecular weight excluding hydrogens is 204 g/mol. The van der Waals surface area contributed by atoms with Crippen LogP contribution in [0.3, 0.4) is 0 Å². The van der Waals surface area contributed by atoms with Crippen molar-refractivity contribution in [1.82, 2.24) is 5.32 Å². The highest BCUT2D eigenvalue weighted by atomic mass is 16.5. The molecule has 1 unspecified atom stereocenters. The van der Waals surface area contributed by atoms with Gasteiger partial charge in [-0.3, -0.25) is 0 Å². The number of nitrogens with zero attached hydrogens (tertiary/aromatic N) is 1. The Bertz CT molecular complexity index is 346. The maximum absolute atomic E-state index is 6.45. The van der Waals surface area contributed by atoms with E-state index in [-0.39, 0.29) is 0 Å². The van der Waals surface area contributed by atoms with Crippen molar-refractivity contribution in [3.63, 3.8) is 0 Å². The second-order valence-corrected chi connectivity index (χ2v) is 4.41. The number of nitrogens with two attached hydrogens (primary N) is 2. The van der Waals surface area contributed by atoms with Crippen LogP contribution in [-0.2, 0) is 4.74 Å². The zero-order valence-electron chi connectivity index (χ0n) is 9.92. The third-order valence-corrected chi connectivity index (χ3v) is 3.53. The van der Waals surface area contributed by atoms with Crippen molar-refractivity contribution in [3.8, 4) is 0 Å². The molecule has 0 saturated heterocycles. The van der Waals surface area contributed by atoms with Crippen LogP contribution in [0.1, 0.15) is 26.7 Å². The van der Waals surface area contributed by atoms with Gasteiger partial charge in [0.05, 0.1) is 13.2 Å². The monoisotopic (exact) mass is 224 g/mol. The first-order chi connectivity index (χ1) is 7.61. The van der Waals surface area contributed by atoms with E-state index in [0.29, 0.717) is 25.1 Å². The SMILES string of the molecule is CCC(CC)C1(N)N=C(N)NC2=C1COC2. The first-order valence-corrected chi connectivity index (χ1v) is 5.83. The lowest BCUT2D eigenvalue weighted by atomic mass is 9.82. The van der Waals surface area contributed by atoms with Crippen LogP contribution in [0.15, 0.2) is 16.3 Å². The molecule has 0 spiro atoms. The molecule has 2 rings (SSSR count). The van der Waals surface area contributed by atoms with Crippen LogP contribution in [-0.4, -0.2) is 24.8 Å². The summed E-state index contributed by atoms with van der Waals surface area (Å²) in [6.07, 6.45) is 1.97. The Hall–Kier alpha value is -1.07. The van der Waals surface area contributed by atoms with Crippen LogP contribution < -0.4 is 16.8 Å². The fourth-order valence-corrected chi connectivity index (χ4v) is 2.60. The minimum absolute atomic E-state index is 0.305. The van der Waals surface area contributed by atoms with Crippen molar-refractivity contribution in [1.29, 1.82) is 0 Å². The molecule has 5 N–H and O–H groups in total. The quantitative estimate of drug-likeness (QED) is 0.642. The van der Waals surface area contributed by atoms with Crippen molar-refractivity contribution in [2.75, 3.05) is 13.2 Å². The normalized spacial score (nSPS) is 29.1. The third kappa shape index (κ3) is 1.60. The van der Waals surface area contributed by atoms with E-state index in [9.17, 15) is 0 Å². The minimum Gasteiger partial charge on any atom is -0.371 e. The Morgan fingerprint density at radius 1 is 1.44 bits per heavy atom. The molecule has 0 aromatic rings. The lowest BCUT2D eigenvalue weighted by Crippen LogP contribution is -2.54. The number of rotatable bonds is 3. The van der Waals surface area contributed by atoms with Crippen LogP contribution in [0, 0.1) is 5.92 Å². The lowest BCUT2D eigenvalue weighted by molar-refractivity contribution is 0.189. The van der Waals surface area contributed by atoms with Gasteiger partial charge in [-0.25, -0.2) is 4.99 Å². The number of aliphatic imine (C=N–C) groups is 1. The molecule has 0 bridgehead atoms. The molecule has 1 atom stereocenters. The molecule has 5 nitrogen and oxygen atoms in total. The fourth-order valence-electron chi connectivity index (χ4n) is 2.60. The van der Waals surface area contributed by atoms with Gasteiger partial charge in [0.2, 0.25) is 0 Å². The topological polar surface area (TPSA) is 85.7 Å². The highest BCUT2D eigenvalue weighted by Crippen LogP contribution is 2.35. The highest BCUT2D eigenvalue weighted by molar-refractivity contribution is 5.82. The fraction of sp³-hybridized carbons (Fsp3) is 0.727. The summed E-state index contributed by atoms with van der Waals surface area (Å²) >= 11 is 0. The van der Waals surface area contributed by atoms with Crippen LogP contribution in [0.5, 0.6) is 0 Å². The average molecular weight is 224 g/mol. The molecule has 2 heterocycles. The summed E-state index contributed by atoms with van der Waals surface area (Å²) in [5.41, 5.74) is 13.6. The Balaban J connectivity index is 2.39. The molecule has 16 heavy (non-hydrogen) atoms. The van der Waals surface area contributed by atoms with Crippen LogP contribution in [0.4, 0.5) is 0 Å². The third-order valence-electron chi connectivity index (χ3n) is 3.53. The van der Waals surface area contributed by atoms with E-state index in [1.54, 1.807) is 0 Å². The average Bonchev–Trinajstić information content (AvgIpc) is 2.67. The van der Waals surface area contributed by atoms with Gasteiger partial charge < -0.3 is 21.5 Å². The molecule has 2 aliphatic heterocycles. The first-order valence-electron chi connectivity index (χ1n) is 5.83. The summed E-state index contributed by atoms with van der Waals surface area (Å²) < 4.78 is 5.43. The van der Waals surface area contributed by atoms with E-state index >= 15 is 0 Å². The van der Waals surface area contributed by atoms with E-state index in [0.717, 1.165) is 24.1 Å². The Morgan fingerprint density at radius 2 is 2.12 bits per heavy atom. The maximum Gasteiger partial charge on any atom is 0.195 e. The van der Waals surface area contributed by atoms with Gasteiger partial charge in [-0.15, -0.1) is 0 Å². The number of ether oxygens (including phenoxy) is 1. The highest BCUT2D eigenvalue weighted by Gasteiger charge is 2.42. The Kier molecular flexibility index (Phi) is 2.90. The second kappa shape index (κ2) is 4.07. The van der Waals surface area contributed by atoms with Crippen molar-refractivity contribution in [2.45, 2.75) is 32.4 Å². The van der Waals surface area contributed by atoms with Crippen molar-refractivity contribution < 1.29 is 4.74 Å². The molecule has 0 radical (unpaired) electrons. The molecule has 0 saturated carbocycles. The second-order valence-electron chi connectivity index (χ2n) is 4.41. The summed E-state index contributed by atoms with van der Waals surface area (Å²) in [5.74, 6) is 0.707. The molecule has 0 aromatic heterocycles. The number of hydrogen-bond acceptors (Lipinski definition) is 5. The van der Waals surface area contributed by atoms with Gasteiger partial charge >= 0.3 is 0 Å². The van der Waals surface area contributed by atoms with E-state index in [4.69, 9.17) is 16.2 Å². The first kappa shape index (κ1) is 11.4. The predicted octanol–water partition coefficient (Wildman–Crippen LogP) is 0.280. The summed E-state index contributed by atoms with van der Waals surface area (Å²) in [7, 11) is 0. The molecule has 0 amide bonds. The molecule has 0 fully saturated rings. The van der Waals surface area contributed by atoms with Crippen LogP contribution >= 0.6 is 0 Å². The molecule has 0 aromatic carbocycles. The number of guanidine groups is 1. The Labute approximate surface area is 95.9 Å². The smallest absolute Gasteiger partial charge is 0.195 e. The molecule has 90 valence electrons. The predicted molar refractivity (Wildman–Crippen MR) is 63.6 cm³/mol. The van der Waals surface area contributed by atoms with Crippen molar-refractivity contribution in [2.24, 2.45) is 22.4 Å². The number of hydrogen-bond donors (Lipinski definition) is 3. The maximum atomic E-state index is 6.45. The molecular formula is C11H20N4O. The van der Waals surface area contributed by atoms with E-state index in [2.05, 4.69) is 24.2 Å². The standard InChI is InChI=1S/C11H20N4O/c1-3-7(4-2)11(13)8-5-16-6-9(8)14-10(12)15-11/h7H,3-6,13H2,1-2H3,(H3,12,14,15). The van der Waals surface area contributed by atoms with Gasteiger partial charge in [0.15, 0.2) is 5.96 Å². The van der Waals surface area contributed by atoms with Crippen LogP contribution in [0.25, 0.3) is 0 Å². The summed E-state index contributed by atoms with van der Waals surface area (Å²) in [6, 6.07) is 0. The van der Waals surface area contributed by atoms with Crippen molar-refractivity contribution in [3.05, 3.63) is 11.3 Å². The summed E-state index contributed by atoms with van der Waals surface area (Å²) in [6.45, 7) is 5.38. The van der Waals surface area contributed by atoms with Gasteiger partial charge in [-0.05, 0) is 12.8 Å². The van der Waals surface area contributed by atoms with Crippen LogP contribution in [0.2, 0.25) is 0 Å². The Morgan fingerprint density at radius 3 is 2.75 bits per heavy atom. The largest absolute Gasteiger partial charge is 0.371 e. The number of nitrogens with one attached hydrogen (secondary N) is 1. The van der Waals surface area contributed by atoms with Gasteiger partial charge in [-0.1, -0.05) is 13.8 Å². The van der Waals surface area contributed by atoms with Gasteiger partial charge in [0.1, 0.15) is 5.66 Å². The lowest BCUT2D eigenvalue weighted by Gasteiger charge is -2.37. The van der Waals surface area contributed by atoms with Gasteiger partial charge in [0.25, 0.3) is 0 Å². The molecule has 0 aliphatic carbocycles. The van der Waals surface area contributed by atoms with E-state index in [1.165, 1.54) is 0 Å².